The summed E-state index contributed by atoms with van der Waals surface area (Å²) in [5.74, 6) is 0.266. The molecule has 0 bridgehead atoms. The van der Waals surface area contributed by atoms with Gasteiger partial charge in [0.15, 0.2) is 12.4 Å². The average molecular weight is 427 g/mol. The second-order valence-electron chi connectivity index (χ2n) is 6.66. The van der Waals surface area contributed by atoms with Gasteiger partial charge in [-0.05, 0) is 38.1 Å². The number of fused-ring (bicyclic) bond motifs is 1. The Balaban J connectivity index is 1.76. The van der Waals surface area contributed by atoms with Gasteiger partial charge in [-0.25, -0.2) is 4.68 Å². The van der Waals surface area contributed by atoms with Crippen molar-refractivity contribution in [1.82, 2.24) is 4.68 Å². The maximum atomic E-state index is 11.6. The van der Waals surface area contributed by atoms with E-state index in [1.54, 1.807) is 16.8 Å². The van der Waals surface area contributed by atoms with Crippen LogP contribution in [0.15, 0.2) is 50.2 Å². The molecule has 3 heterocycles. The number of thiazole rings is 1. The summed E-state index contributed by atoms with van der Waals surface area (Å²) in [5.41, 5.74) is 2.11. The van der Waals surface area contributed by atoms with Crippen LogP contribution in [-0.2, 0) is 4.79 Å². The van der Waals surface area contributed by atoms with E-state index in [1.807, 2.05) is 25.3 Å². The number of hydrogen-bond acceptors (Lipinski definition) is 8. The number of nitro groups is 1. The van der Waals surface area contributed by atoms with E-state index < -0.39 is 4.92 Å². The highest BCUT2D eigenvalue weighted by Gasteiger charge is 2.18. The summed E-state index contributed by atoms with van der Waals surface area (Å²) in [6.07, 6.45) is 1.39. The van der Waals surface area contributed by atoms with Crippen LogP contribution in [0.2, 0.25) is 0 Å². The van der Waals surface area contributed by atoms with Crippen molar-refractivity contribution < 1.29 is 18.9 Å². The molecule has 0 spiro atoms. The normalized spacial score (nSPS) is 14.1. The van der Waals surface area contributed by atoms with Crippen molar-refractivity contribution in [1.29, 1.82) is 0 Å². The van der Waals surface area contributed by atoms with E-state index in [9.17, 15) is 14.9 Å². The molecule has 30 heavy (non-hydrogen) atoms. The van der Waals surface area contributed by atoms with Gasteiger partial charge >= 0.3 is 5.88 Å². The van der Waals surface area contributed by atoms with Gasteiger partial charge < -0.3 is 14.5 Å². The highest BCUT2D eigenvalue weighted by molar-refractivity contribution is 7.07. The van der Waals surface area contributed by atoms with Gasteiger partial charge in [0.2, 0.25) is 4.80 Å². The molecule has 3 aromatic rings. The fourth-order valence-electron chi connectivity index (χ4n) is 2.79. The molecular formula is C19H17N5O5S. The Labute approximate surface area is 174 Å². The molecule has 154 valence electrons. The van der Waals surface area contributed by atoms with Gasteiger partial charge in [-0.2, -0.15) is 5.10 Å². The molecule has 0 unspecified atom stereocenters. The first-order valence-electron chi connectivity index (χ1n) is 9.01. The molecule has 2 aromatic heterocycles. The second-order valence-corrected chi connectivity index (χ2v) is 7.50. The van der Waals surface area contributed by atoms with E-state index in [0.29, 0.717) is 16.2 Å². The predicted octanol–water partition coefficient (Wildman–Crippen LogP) is 3.24. The molecule has 1 aromatic carbocycles. The summed E-state index contributed by atoms with van der Waals surface area (Å²) < 4.78 is 12.2. The van der Waals surface area contributed by atoms with Crippen LogP contribution in [0.3, 0.4) is 0 Å². The Morgan fingerprint density at radius 3 is 2.90 bits per heavy atom. The number of carbonyl (C=O) groups is 1. The maximum Gasteiger partial charge on any atom is 0.433 e. The largest absolute Gasteiger partial charge is 0.482 e. The topological polar surface area (TPSA) is 124 Å². The Morgan fingerprint density at radius 2 is 2.17 bits per heavy atom. The third-order valence-corrected chi connectivity index (χ3v) is 4.89. The molecule has 1 N–H and O–H groups in total. The molecule has 0 fully saturated rings. The van der Waals surface area contributed by atoms with Crippen molar-refractivity contribution in [2.24, 2.45) is 10.1 Å². The molecule has 0 radical (unpaired) electrons. The van der Waals surface area contributed by atoms with Crippen LogP contribution in [0.5, 0.6) is 5.75 Å². The lowest BCUT2D eigenvalue weighted by Gasteiger charge is -2.18. The van der Waals surface area contributed by atoms with Gasteiger partial charge in [0.05, 0.1) is 23.7 Å². The minimum absolute atomic E-state index is 0.0121. The smallest absolute Gasteiger partial charge is 0.433 e. The van der Waals surface area contributed by atoms with Gasteiger partial charge in [-0.15, -0.1) is 11.3 Å². The molecule has 4 rings (SSSR count). The Kier molecular flexibility index (Phi) is 5.19. The lowest BCUT2D eigenvalue weighted by molar-refractivity contribution is -0.402. The lowest BCUT2D eigenvalue weighted by atomic mass is 10.1. The molecule has 0 atom stereocenters. The van der Waals surface area contributed by atoms with Crippen LogP contribution in [0.25, 0.3) is 11.3 Å². The number of benzene rings is 1. The number of aromatic nitrogens is 1. The van der Waals surface area contributed by atoms with Crippen LogP contribution >= 0.6 is 11.3 Å². The van der Waals surface area contributed by atoms with Gasteiger partial charge in [-0.1, -0.05) is 0 Å². The molecular weight excluding hydrogens is 410 g/mol. The molecule has 1 aliphatic rings. The van der Waals surface area contributed by atoms with Crippen LogP contribution in [0.1, 0.15) is 19.6 Å². The zero-order chi connectivity index (χ0) is 21.3. The highest BCUT2D eigenvalue weighted by atomic mass is 32.1. The minimum Gasteiger partial charge on any atom is -0.482 e. The second kappa shape index (κ2) is 7.95. The van der Waals surface area contributed by atoms with Crippen molar-refractivity contribution in [2.45, 2.75) is 19.9 Å². The third-order valence-electron chi connectivity index (χ3n) is 4.06. The van der Waals surface area contributed by atoms with Crippen LogP contribution in [-0.4, -0.2) is 34.4 Å². The zero-order valence-electron chi connectivity index (χ0n) is 16.1. The summed E-state index contributed by atoms with van der Waals surface area (Å²) in [6.45, 7) is 3.89. The summed E-state index contributed by atoms with van der Waals surface area (Å²) in [6, 6.07) is 8.23. The molecule has 0 aliphatic carbocycles. The van der Waals surface area contributed by atoms with Crippen molar-refractivity contribution in [3.8, 4) is 17.0 Å². The summed E-state index contributed by atoms with van der Waals surface area (Å²) >= 11 is 1.41. The van der Waals surface area contributed by atoms with Crippen molar-refractivity contribution in [3.05, 3.63) is 56.4 Å². The molecule has 1 amide bonds. The summed E-state index contributed by atoms with van der Waals surface area (Å²) in [4.78, 5) is 27.1. The van der Waals surface area contributed by atoms with Crippen molar-refractivity contribution >= 4 is 35.0 Å². The molecule has 10 nitrogen and oxygen atoms in total. The highest BCUT2D eigenvalue weighted by Crippen LogP contribution is 2.32. The third kappa shape index (κ3) is 4.01. The fraction of sp³-hybridized carbons (Fsp3) is 0.211. The standard InChI is InChI=1S/C19H17N5O5S/c1-11(2)21-19-23(20-8-13-4-6-18(29-13)24(26)27)15(10-30-19)12-3-5-16-14(7-12)22-17(25)9-28-16/h3-8,10-11H,9H2,1-2H3,(H,22,25). The first-order chi connectivity index (χ1) is 14.4. The Bertz CT molecular complexity index is 1220. The van der Waals surface area contributed by atoms with E-state index in [4.69, 9.17) is 9.15 Å². The van der Waals surface area contributed by atoms with Crippen LogP contribution in [0.4, 0.5) is 11.6 Å². The van der Waals surface area contributed by atoms with Gasteiger partial charge in [0.25, 0.3) is 5.91 Å². The number of hydrogen-bond donors (Lipinski definition) is 1. The quantitative estimate of drug-likeness (QED) is 0.380. The minimum atomic E-state index is -0.608. The SMILES string of the molecule is CC(C)N=c1scc(-c2ccc3c(c2)NC(=O)CO3)n1N=Cc1ccc([N+](=O)[O-])o1. The number of carbonyl (C=O) groups excluding carboxylic acids is 1. The van der Waals surface area contributed by atoms with Crippen molar-refractivity contribution in [2.75, 3.05) is 11.9 Å². The first kappa shape index (κ1) is 19.6. The monoisotopic (exact) mass is 427 g/mol. The Morgan fingerprint density at radius 1 is 1.33 bits per heavy atom. The number of nitrogens with one attached hydrogen (secondary N) is 1. The Hall–Kier alpha value is -3.73. The predicted molar refractivity (Wildman–Crippen MR) is 111 cm³/mol. The molecule has 0 saturated carbocycles. The summed E-state index contributed by atoms with van der Waals surface area (Å²) in [7, 11) is 0. The van der Waals surface area contributed by atoms with E-state index in [1.165, 1.54) is 29.7 Å². The van der Waals surface area contributed by atoms with Crippen LogP contribution in [0, 0.1) is 10.1 Å². The van der Waals surface area contributed by atoms with Crippen molar-refractivity contribution in [3.63, 3.8) is 0 Å². The van der Waals surface area contributed by atoms with E-state index in [0.717, 1.165) is 11.3 Å². The van der Waals surface area contributed by atoms with E-state index in [-0.39, 0.29) is 30.2 Å². The van der Waals surface area contributed by atoms with E-state index >= 15 is 0 Å². The number of amides is 1. The van der Waals surface area contributed by atoms with E-state index in [2.05, 4.69) is 15.4 Å². The average Bonchev–Trinajstić information content (AvgIpc) is 3.32. The molecule has 1 aliphatic heterocycles. The summed E-state index contributed by atoms with van der Waals surface area (Å²) in [5, 5.41) is 19.9. The maximum absolute atomic E-state index is 11.6. The lowest BCUT2D eigenvalue weighted by Crippen LogP contribution is -2.25. The number of ether oxygens (including phenoxy) is 1. The number of nitrogens with zero attached hydrogens (tertiary/aromatic N) is 4. The number of rotatable bonds is 5. The zero-order valence-corrected chi connectivity index (χ0v) is 16.9. The molecule has 0 saturated heterocycles. The number of anilines is 1. The van der Waals surface area contributed by atoms with Crippen LogP contribution < -0.4 is 14.9 Å². The molecule has 11 heteroatoms. The van der Waals surface area contributed by atoms with Gasteiger partial charge in [0, 0.05) is 17.0 Å². The number of furan rings is 1. The van der Waals surface area contributed by atoms with Gasteiger partial charge in [-0.3, -0.25) is 19.9 Å². The van der Waals surface area contributed by atoms with Gasteiger partial charge in [0.1, 0.15) is 10.7 Å². The fourth-order valence-corrected chi connectivity index (χ4v) is 3.76. The first-order valence-corrected chi connectivity index (χ1v) is 9.88.